The van der Waals surface area contributed by atoms with Crippen molar-refractivity contribution in [2.24, 2.45) is 0 Å². The van der Waals surface area contributed by atoms with Crippen molar-refractivity contribution >= 4 is 11.6 Å². The van der Waals surface area contributed by atoms with Gasteiger partial charge >= 0.3 is 6.03 Å². The number of carbonyl (C=O) groups excluding carboxylic acids is 1. The summed E-state index contributed by atoms with van der Waals surface area (Å²) in [4.78, 5) is 19.6. The first kappa shape index (κ1) is 23.5. The van der Waals surface area contributed by atoms with Crippen molar-refractivity contribution in [1.29, 1.82) is 0 Å². The number of nitrogens with one attached hydrogen (secondary N) is 1. The lowest BCUT2D eigenvalue weighted by atomic mass is 9.92. The predicted octanol–water partition coefficient (Wildman–Crippen LogP) is 6.50. The number of hydrogen-bond acceptors (Lipinski definition) is 4. The molecule has 0 radical (unpaired) electrons. The highest BCUT2D eigenvalue weighted by molar-refractivity contribution is 5.87. The summed E-state index contributed by atoms with van der Waals surface area (Å²) >= 11 is 0. The molecule has 6 nitrogen and oxygen atoms in total. The third-order valence-electron chi connectivity index (χ3n) is 6.65. The van der Waals surface area contributed by atoms with Gasteiger partial charge in [-0.1, -0.05) is 59.3 Å². The molecule has 5 rings (SSSR count). The van der Waals surface area contributed by atoms with E-state index in [1.807, 2.05) is 57.2 Å². The van der Waals surface area contributed by atoms with Gasteiger partial charge in [0.2, 0.25) is 5.82 Å². The number of aromatic nitrogens is 2. The lowest BCUT2D eigenvalue weighted by Crippen LogP contribution is -2.45. The normalized spacial score (nSPS) is 15.9. The average molecular weight is 483 g/mol. The van der Waals surface area contributed by atoms with Gasteiger partial charge in [0, 0.05) is 11.3 Å². The Hall–Kier alpha value is -4.26. The van der Waals surface area contributed by atoms with E-state index in [2.05, 4.69) is 23.5 Å². The third kappa shape index (κ3) is 4.52. The Morgan fingerprint density at radius 1 is 0.972 bits per heavy atom. The van der Waals surface area contributed by atoms with Gasteiger partial charge in [-0.05, 0) is 68.1 Å². The molecule has 36 heavy (non-hydrogen) atoms. The molecular weight excluding hydrogens is 455 g/mol. The monoisotopic (exact) mass is 482 g/mol. The molecule has 0 saturated heterocycles. The van der Waals surface area contributed by atoms with Crippen LogP contribution in [0.5, 0.6) is 0 Å². The van der Waals surface area contributed by atoms with Gasteiger partial charge in [-0.15, -0.1) is 0 Å². The van der Waals surface area contributed by atoms with Crippen molar-refractivity contribution < 1.29 is 13.7 Å². The molecule has 1 aliphatic rings. The highest BCUT2D eigenvalue weighted by atomic mass is 19.1. The van der Waals surface area contributed by atoms with E-state index in [1.54, 1.807) is 17.0 Å². The first-order valence-electron chi connectivity index (χ1n) is 11.8. The van der Waals surface area contributed by atoms with E-state index in [0.717, 1.165) is 33.4 Å². The molecule has 1 aromatic heterocycles. The van der Waals surface area contributed by atoms with E-state index in [0.29, 0.717) is 17.4 Å². The van der Waals surface area contributed by atoms with E-state index in [1.165, 1.54) is 17.7 Å². The van der Waals surface area contributed by atoms with Crippen LogP contribution in [0, 0.1) is 26.6 Å². The van der Waals surface area contributed by atoms with E-state index in [-0.39, 0.29) is 18.4 Å². The Bertz CT molecular complexity index is 1470. The van der Waals surface area contributed by atoms with Gasteiger partial charge in [-0.3, -0.25) is 4.90 Å². The van der Waals surface area contributed by atoms with Crippen molar-refractivity contribution in [3.8, 4) is 11.4 Å². The lowest BCUT2D eigenvalue weighted by molar-refractivity contribution is 0.203. The SMILES string of the molecule is CC1=C(c2nc(-c3cccc(C)c3)no2)C(c2ccc(C)c(C)c2)NC(=O)N1Cc1ccc(F)cc1. The standard InChI is InChI=1S/C29H27FN4O2/c1-17-6-5-7-23(14-17)27-32-28(36-33-27)25-20(4)34(16-21-9-12-24(30)13-10-21)29(35)31-26(25)22-11-8-18(2)19(3)15-22/h5-15,26H,16H2,1-4H3,(H,31,35). The second kappa shape index (κ2) is 9.41. The first-order valence-corrected chi connectivity index (χ1v) is 11.8. The second-order valence-corrected chi connectivity index (χ2v) is 9.23. The second-order valence-electron chi connectivity index (χ2n) is 9.23. The molecule has 182 valence electrons. The van der Waals surface area contributed by atoms with Crippen LogP contribution in [0.25, 0.3) is 17.0 Å². The molecule has 0 saturated carbocycles. The van der Waals surface area contributed by atoms with Gasteiger partial charge in [-0.25, -0.2) is 9.18 Å². The summed E-state index contributed by atoms with van der Waals surface area (Å²) in [6.07, 6.45) is 0. The van der Waals surface area contributed by atoms with Crippen molar-refractivity contribution in [1.82, 2.24) is 20.4 Å². The molecule has 1 unspecified atom stereocenters. The fourth-order valence-corrected chi connectivity index (χ4v) is 4.45. The van der Waals surface area contributed by atoms with Gasteiger partial charge in [0.15, 0.2) is 0 Å². The fraction of sp³-hybridized carbons (Fsp3) is 0.207. The van der Waals surface area contributed by atoms with Gasteiger partial charge < -0.3 is 9.84 Å². The van der Waals surface area contributed by atoms with Crippen LogP contribution in [-0.4, -0.2) is 21.1 Å². The molecule has 4 aromatic rings. The summed E-state index contributed by atoms with van der Waals surface area (Å²) in [7, 11) is 0. The molecular formula is C29H27FN4O2. The number of rotatable bonds is 5. The Kier molecular flexibility index (Phi) is 6.14. The molecule has 0 bridgehead atoms. The smallest absolute Gasteiger partial charge is 0.322 e. The van der Waals surface area contributed by atoms with Gasteiger partial charge in [0.1, 0.15) is 5.82 Å². The van der Waals surface area contributed by atoms with Crippen LogP contribution in [0.15, 0.2) is 77.0 Å². The van der Waals surface area contributed by atoms with Crippen LogP contribution in [0.2, 0.25) is 0 Å². The summed E-state index contributed by atoms with van der Waals surface area (Å²) in [6, 6.07) is 19.4. The topological polar surface area (TPSA) is 71.3 Å². The molecule has 3 aromatic carbocycles. The quantitative estimate of drug-likeness (QED) is 0.353. The summed E-state index contributed by atoms with van der Waals surface area (Å²) in [5.74, 6) is 0.505. The van der Waals surface area contributed by atoms with Gasteiger partial charge in [0.25, 0.3) is 5.89 Å². The number of halogens is 1. The number of urea groups is 1. The van der Waals surface area contributed by atoms with E-state index in [9.17, 15) is 9.18 Å². The molecule has 0 spiro atoms. The third-order valence-corrected chi connectivity index (χ3v) is 6.65. The largest absolute Gasteiger partial charge is 0.334 e. The summed E-state index contributed by atoms with van der Waals surface area (Å²) in [5, 5.41) is 7.37. The zero-order valence-electron chi connectivity index (χ0n) is 20.7. The number of allylic oxidation sites excluding steroid dienone is 1. The van der Waals surface area contributed by atoms with Crippen LogP contribution in [0.1, 0.15) is 46.7 Å². The number of amides is 2. The van der Waals surface area contributed by atoms with Crippen LogP contribution < -0.4 is 5.32 Å². The van der Waals surface area contributed by atoms with Crippen molar-refractivity contribution in [3.63, 3.8) is 0 Å². The molecule has 0 aliphatic carbocycles. The zero-order chi connectivity index (χ0) is 25.4. The molecule has 2 amide bonds. The molecule has 1 N–H and O–H groups in total. The van der Waals surface area contributed by atoms with E-state index in [4.69, 9.17) is 9.51 Å². The molecule has 7 heteroatoms. The van der Waals surface area contributed by atoms with Crippen LogP contribution >= 0.6 is 0 Å². The molecule has 2 heterocycles. The number of hydrogen-bond donors (Lipinski definition) is 1. The Morgan fingerprint density at radius 3 is 2.47 bits per heavy atom. The lowest BCUT2D eigenvalue weighted by Gasteiger charge is -2.35. The maximum Gasteiger partial charge on any atom is 0.322 e. The highest BCUT2D eigenvalue weighted by Gasteiger charge is 2.36. The number of benzene rings is 3. The molecule has 1 aliphatic heterocycles. The minimum absolute atomic E-state index is 0.248. The van der Waals surface area contributed by atoms with E-state index < -0.39 is 6.04 Å². The zero-order valence-corrected chi connectivity index (χ0v) is 20.7. The van der Waals surface area contributed by atoms with Crippen LogP contribution in [-0.2, 0) is 6.54 Å². The number of nitrogens with zero attached hydrogens (tertiary/aromatic N) is 3. The summed E-state index contributed by atoms with van der Waals surface area (Å²) < 4.78 is 19.2. The Balaban J connectivity index is 1.61. The minimum atomic E-state index is -0.466. The molecule has 1 atom stereocenters. The predicted molar refractivity (Wildman–Crippen MR) is 136 cm³/mol. The maximum atomic E-state index is 13.4. The van der Waals surface area contributed by atoms with Gasteiger partial charge in [-0.2, -0.15) is 4.98 Å². The average Bonchev–Trinajstić information content (AvgIpc) is 3.34. The first-order chi connectivity index (χ1) is 17.3. The van der Waals surface area contributed by atoms with Crippen molar-refractivity contribution in [2.75, 3.05) is 0 Å². The Labute approximate surface area is 209 Å². The van der Waals surface area contributed by atoms with E-state index >= 15 is 0 Å². The van der Waals surface area contributed by atoms with Crippen molar-refractivity contribution in [3.05, 3.63) is 112 Å². The Morgan fingerprint density at radius 2 is 1.75 bits per heavy atom. The number of carbonyl (C=O) groups is 1. The fourth-order valence-electron chi connectivity index (χ4n) is 4.45. The highest BCUT2D eigenvalue weighted by Crippen LogP contribution is 2.38. The van der Waals surface area contributed by atoms with Crippen LogP contribution in [0.4, 0.5) is 9.18 Å². The maximum absolute atomic E-state index is 13.4. The van der Waals surface area contributed by atoms with Gasteiger partial charge in [0.05, 0.1) is 18.2 Å². The number of aryl methyl sites for hydroxylation is 3. The molecule has 0 fully saturated rings. The summed E-state index contributed by atoms with van der Waals surface area (Å²) in [5.41, 5.74) is 7.40. The summed E-state index contributed by atoms with van der Waals surface area (Å²) in [6.45, 7) is 8.26. The van der Waals surface area contributed by atoms with Crippen LogP contribution in [0.3, 0.4) is 0 Å². The van der Waals surface area contributed by atoms with Crippen molar-refractivity contribution in [2.45, 2.75) is 40.3 Å². The minimum Gasteiger partial charge on any atom is -0.334 e.